The molecule has 1 aromatic carbocycles. The Balaban J connectivity index is 1.80. The summed E-state index contributed by atoms with van der Waals surface area (Å²) in [7, 11) is 0. The van der Waals surface area contributed by atoms with E-state index in [1.807, 2.05) is 23.6 Å². The monoisotopic (exact) mass is 378 g/mol. The number of hydrogen-bond donors (Lipinski definition) is 0. The SMILES string of the molecule is C=C(C)Cn1c(Sc2ncnc3ccc(F)cc23)nnc1-c1ccncc1. The Hall–Kier alpha value is -3.13. The van der Waals surface area contributed by atoms with Gasteiger partial charge < -0.3 is 0 Å². The minimum atomic E-state index is -0.333. The van der Waals surface area contributed by atoms with E-state index in [2.05, 4.69) is 31.7 Å². The maximum absolute atomic E-state index is 13.7. The predicted molar refractivity (Wildman–Crippen MR) is 102 cm³/mol. The van der Waals surface area contributed by atoms with Crippen LogP contribution in [0.1, 0.15) is 6.92 Å². The van der Waals surface area contributed by atoms with Crippen LogP contribution in [0.25, 0.3) is 22.3 Å². The lowest BCUT2D eigenvalue weighted by atomic mass is 10.2. The lowest BCUT2D eigenvalue weighted by Gasteiger charge is -2.10. The highest BCUT2D eigenvalue weighted by atomic mass is 32.2. The van der Waals surface area contributed by atoms with Gasteiger partial charge in [-0.15, -0.1) is 10.2 Å². The summed E-state index contributed by atoms with van der Waals surface area (Å²) in [5, 5.41) is 10.6. The van der Waals surface area contributed by atoms with Gasteiger partial charge in [0, 0.05) is 29.9 Å². The molecule has 0 amide bonds. The van der Waals surface area contributed by atoms with E-state index < -0.39 is 0 Å². The molecule has 0 bridgehead atoms. The van der Waals surface area contributed by atoms with Crippen molar-refractivity contribution in [1.29, 1.82) is 0 Å². The second kappa shape index (κ2) is 7.24. The van der Waals surface area contributed by atoms with Crippen molar-refractivity contribution in [2.45, 2.75) is 23.7 Å². The summed E-state index contributed by atoms with van der Waals surface area (Å²) in [6.45, 7) is 6.51. The van der Waals surface area contributed by atoms with Crippen molar-refractivity contribution >= 4 is 22.7 Å². The summed E-state index contributed by atoms with van der Waals surface area (Å²) < 4.78 is 15.7. The van der Waals surface area contributed by atoms with E-state index in [1.165, 1.54) is 30.2 Å². The van der Waals surface area contributed by atoms with Crippen molar-refractivity contribution < 1.29 is 4.39 Å². The molecule has 0 atom stereocenters. The first-order chi connectivity index (χ1) is 13.1. The molecule has 3 heterocycles. The number of aromatic nitrogens is 6. The highest BCUT2D eigenvalue weighted by molar-refractivity contribution is 7.99. The molecular weight excluding hydrogens is 363 g/mol. The van der Waals surface area contributed by atoms with Crippen molar-refractivity contribution in [3.63, 3.8) is 0 Å². The van der Waals surface area contributed by atoms with Crippen LogP contribution >= 0.6 is 11.8 Å². The molecular formula is C19H15FN6S. The van der Waals surface area contributed by atoms with Crippen LogP contribution in [0.4, 0.5) is 4.39 Å². The van der Waals surface area contributed by atoms with Gasteiger partial charge in [0.05, 0.1) is 5.52 Å². The summed E-state index contributed by atoms with van der Waals surface area (Å²) in [6, 6.07) is 8.21. The smallest absolute Gasteiger partial charge is 0.198 e. The van der Waals surface area contributed by atoms with Crippen LogP contribution in [0.5, 0.6) is 0 Å². The molecule has 6 nitrogen and oxygen atoms in total. The fourth-order valence-electron chi connectivity index (χ4n) is 2.66. The van der Waals surface area contributed by atoms with E-state index in [1.54, 1.807) is 18.5 Å². The molecule has 3 aromatic heterocycles. The molecule has 0 aliphatic rings. The van der Waals surface area contributed by atoms with Gasteiger partial charge in [-0.25, -0.2) is 14.4 Å². The molecule has 4 aromatic rings. The second-order valence-electron chi connectivity index (χ2n) is 6.03. The third-order valence-corrected chi connectivity index (χ3v) is 4.84. The van der Waals surface area contributed by atoms with Gasteiger partial charge >= 0.3 is 0 Å². The number of benzene rings is 1. The lowest BCUT2D eigenvalue weighted by molar-refractivity contribution is 0.629. The Morgan fingerprint density at radius 3 is 2.74 bits per heavy atom. The predicted octanol–water partition coefficient (Wildman–Crippen LogP) is 4.15. The zero-order valence-electron chi connectivity index (χ0n) is 14.5. The van der Waals surface area contributed by atoms with Crippen molar-refractivity contribution in [2.75, 3.05) is 0 Å². The number of rotatable bonds is 5. The highest BCUT2D eigenvalue weighted by Gasteiger charge is 2.17. The molecule has 0 radical (unpaired) electrons. The minimum Gasteiger partial charge on any atom is -0.298 e. The summed E-state index contributed by atoms with van der Waals surface area (Å²) in [4.78, 5) is 12.6. The van der Waals surface area contributed by atoms with Crippen molar-refractivity contribution in [3.05, 3.63) is 67.0 Å². The third-order valence-electron chi connectivity index (χ3n) is 3.83. The molecule has 27 heavy (non-hydrogen) atoms. The number of nitrogens with zero attached hydrogens (tertiary/aromatic N) is 6. The zero-order chi connectivity index (χ0) is 18.8. The average molecular weight is 378 g/mol. The Bertz CT molecular complexity index is 1130. The molecule has 0 spiro atoms. The molecule has 0 N–H and O–H groups in total. The first-order valence-electron chi connectivity index (χ1n) is 8.18. The maximum atomic E-state index is 13.7. The topological polar surface area (TPSA) is 69.4 Å². The first kappa shape index (κ1) is 17.3. The summed E-state index contributed by atoms with van der Waals surface area (Å²) >= 11 is 1.32. The highest BCUT2D eigenvalue weighted by Crippen LogP contribution is 2.32. The molecule has 0 unspecified atom stereocenters. The van der Waals surface area contributed by atoms with Gasteiger partial charge in [0.25, 0.3) is 0 Å². The quantitative estimate of drug-likeness (QED) is 0.384. The van der Waals surface area contributed by atoms with E-state index in [0.29, 0.717) is 33.5 Å². The second-order valence-corrected chi connectivity index (χ2v) is 6.98. The van der Waals surface area contributed by atoms with Gasteiger partial charge in [-0.2, -0.15) is 0 Å². The van der Waals surface area contributed by atoms with Crippen molar-refractivity contribution in [1.82, 2.24) is 29.7 Å². The largest absolute Gasteiger partial charge is 0.298 e. The fourth-order valence-corrected chi connectivity index (χ4v) is 3.55. The van der Waals surface area contributed by atoms with E-state index in [4.69, 9.17) is 0 Å². The van der Waals surface area contributed by atoms with E-state index in [0.717, 1.165) is 11.1 Å². The standard InChI is InChI=1S/C19H15FN6S/c1-12(2)10-26-17(13-5-7-21-8-6-13)24-25-19(26)27-18-15-9-14(20)3-4-16(15)22-11-23-18/h3-9,11H,1,10H2,2H3. The average Bonchev–Trinajstić information content (AvgIpc) is 3.04. The normalized spacial score (nSPS) is 11.0. The summed E-state index contributed by atoms with van der Waals surface area (Å²) in [5.41, 5.74) is 2.55. The van der Waals surface area contributed by atoms with Gasteiger partial charge in [-0.3, -0.25) is 9.55 Å². The Morgan fingerprint density at radius 2 is 1.96 bits per heavy atom. The van der Waals surface area contributed by atoms with Crippen LogP contribution in [-0.2, 0) is 6.54 Å². The van der Waals surface area contributed by atoms with Gasteiger partial charge in [-0.05, 0) is 49.0 Å². The molecule has 8 heteroatoms. The third kappa shape index (κ3) is 3.56. The Kier molecular flexibility index (Phi) is 4.64. The Morgan fingerprint density at radius 1 is 1.15 bits per heavy atom. The number of pyridine rings is 1. The molecule has 0 saturated heterocycles. The van der Waals surface area contributed by atoms with Gasteiger partial charge in [0.2, 0.25) is 0 Å². The number of fused-ring (bicyclic) bond motifs is 1. The van der Waals surface area contributed by atoms with Crippen molar-refractivity contribution in [3.8, 4) is 11.4 Å². The van der Waals surface area contributed by atoms with Crippen LogP contribution in [0.15, 0.2) is 71.4 Å². The molecule has 134 valence electrons. The van der Waals surface area contributed by atoms with Gasteiger partial charge in [-0.1, -0.05) is 12.2 Å². The molecule has 0 fully saturated rings. The lowest BCUT2D eigenvalue weighted by Crippen LogP contribution is -2.03. The van der Waals surface area contributed by atoms with Crippen LogP contribution in [0.3, 0.4) is 0 Å². The minimum absolute atomic E-state index is 0.333. The van der Waals surface area contributed by atoms with Crippen LogP contribution in [-0.4, -0.2) is 29.7 Å². The Labute approximate surface area is 159 Å². The number of allylic oxidation sites excluding steroid dienone is 1. The van der Waals surface area contributed by atoms with E-state index in [-0.39, 0.29) is 5.82 Å². The van der Waals surface area contributed by atoms with Gasteiger partial charge in [0.15, 0.2) is 11.0 Å². The van der Waals surface area contributed by atoms with E-state index in [9.17, 15) is 4.39 Å². The molecule has 4 rings (SSSR count). The molecule has 0 aliphatic carbocycles. The molecule has 0 aliphatic heterocycles. The molecule has 0 saturated carbocycles. The van der Waals surface area contributed by atoms with Crippen LogP contribution in [0, 0.1) is 5.82 Å². The zero-order valence-corrected chi connectivity index (χ0v) is 15.3. The number of halogens is 1. The van der Waals surface area contributed by atoms with Gasteiger partial charge in [0.1, 0.15) is 17.2 Å². The first-order valence-corrected chi connectivity index (χ1v) is 8.99. The van der Waals surface area contributed by atoms with Crippen molar-refractivity contribution in [2.24, 2.45) is 0 Å². The fraction of sp³-hybridized carbons (Fsp3) is 0.105. The summed E-state index contributed by atoms with van der Waals surface area (Å²) in [6.07, 6.45) is 4.89. The van der Waals surface area contributed by atoms with Crippen LogP contribution in [0.2, 0.25) is 0 Å². The van der Waals surface area contributed by atoms with Crippen LogP contribution < -0.4 is 0 Å². The number of hydrogen-bond acceptors (Lipinski definition) is 6. The van der Waals surface area contributed by atoms with E-state index >= 15 is 0 Å². The maximum Gasteiger partial charge on any atom is 0.198 e. The summed E-state index contributed by atoms with van der Waals surface area (Å²) in [5.74, 6) is 0.382.